The van der Waals surface area contributed by atoms with E-state index in [0.29, 0.717) is 11.8 Å². The summed E-state index contributed by atoms with van der Waals surface area (Å²) in [5.74, 6) is 0.361. The van der Waals surface area contributed by atoms with Gasteiger partial charge in [-0.1, -0.05) is 38.0 Å². The van der Waals surface area contributed by atoms with Crippen LogP contribution in [0.25, 0.3) is 0 Å². The Kier molecular flexibility index (Phi) is 9.69. The molecule has 1 aliphatic rings. The lowest BCUT2D eigenvalue weighted by Gasteiger charge is -2.35. The molecule has 0 spiro atoms. The smallest absolute Gasteiger partial charge is 0.157 e. The Bertz CT molecular complexity index is 840. The molecule has 1 unspecified atom stereocenters. The monoisotopic (exact) mass is 440 g/mol. The molecule has 0 bridgehead atoms. The van der Waals surface area contributed by atoms with E-state index in [1.165, 1.54) is 44.2 Å². The molecule has 5 heteroatoms. The number of nitrogens with zero attached hydrogens (tertiary/aromatic N) is 1. The minimum absolute atomic E-state index is 0.0461. The normalized spacial score (nSPS) is 15.8. The van der Waals surface area contributed by atoms with Gasteiger partial charge in [-0.3, -0.25) is 0 Å². The maximum Gasteiger partial charge on any atom is 0.157 e. The van der Waals surface area contributed by atoms with E-state index < -0.39 is 0 Å². The Morgan fingerprint density at radius 3 is 2.56 bits per heavy atom. The zero-order chi connectivity index (χ0) is 22.8. The van der Waals surface area contributed by atoms with Crippen molar-refractivity contribution in [1.82, 2.24) is 10.2 Å². The molecule has 5 nitrogen and oxygen atoms in total. The number of fused-ring (bicyclic) bond motifs is 1. The first kappa shape index (κ1) is 24.4. The number of benzene rings is 2. The van der Waals surface area contributed by atoms with E-state index in [9.17, 15) is 15.3 Å². The lowest BCUT2D eigenvalue weighted by Crippen LogP contribution is -2.40. The van der Waals surface area contributed by atoms with Gasteiger partial charge in [0.15, 0.2) is 11.5 Å². The molecule has 1 atom stereocenters. The number of hydrogen-bond acceptors (Lipinski definition) is 5. The van der Waals surface area contributed by atoms with Crippen LogP contribution in [0.4, 0.5) is 0 Å². The second-order valence-corrected chi connectivity index (χ2v) is 9.08. The Morgan fingerprint density at radius 2 is 1.75 bits per heavy atom. The first-order valence-electron chi connectivity index (χ1n) is 12.3. The van der Waals surface area contributed by atoms with Crippen molar-refractivity contribution < 1.29 is 15.3 Å². The minimum atomic E-state index is -0.0631. The molecule has 176 valence electrons. The molecule has 2 aromatic carbocycles. The Hall–Kier alpha value is -2.24. The first-order valence-corrected chi connectivity index (χ1v) is 12.3. The molecule has 0 amide bonds. The highest BCUT2D eigenvalue weighted by atomic mass is 16.3. The summed E-state index contributed by atoms with van der Waals surface area (Å²) in [6.45, 7) is 6.50. The quantitative estimate of drug-likeness (QED) is 0.267. The molecule has 0 heterocycles. The molecule has 3 rings (SSSR count). The van der Waals surface area contributed by atoms with E-state index in [1.54, 1.807) is 12.1 Å². The molecule has 0 aliphatic heterocycles. The van der Waals surface area contributed by atoms with Crippen molar-refractivity contribution in [2.45, 2.75) is 70.8 Å². The number of unbranched alkanes of at least 4 members (excludes halogenated alkanes) is 3. The third kappa shape index (κ3) is 7.14. The van der Waals surface area contributed by atoms with Crippen LogP contribution in [0.15, 0.2) is 36.4 Å². The molecule has 1 aliphatic carbocycles. The van der Waals surface area contributed by atoms with Gasteiger partial charge in [0.1, 0.15) is 5.75 Å². The summed E-state index contributed by atoms with van der Waals surface area (Å²) in [5.41, 5.74) is 3.52. The zero-order valence-corrected chi connectivity index (χ0v) is 19.5. The molecular weight excluding hydrogens is 400 g/mol. The van der Waals surface area contributed by atoms with Crippen LogP contribution >= 0.6 is 0 Å². The fraction of sp³-hybridized carbons (Fsp3) is 0.556. The molecule has 0 saturated heterocycles. The van der Waals surface area contributed by atoms with E-state index >= 15 is 0 Å². The van der Waals surface area contributed by atoms with Crippen LogP contribution in [0.3, 0.4) is 0 Å². The number of hydrogen-bond donors (Lipinski definition) is 4. The van der Waals surface area contributed by atoms with Crippen LogP contribution in [0.1, 0.15) is 62.1 Å². The fourth-order valence-corrected chi connectivity index (χ4v) is 4.84. The highest BCUT2D eigenvalue weighted by molar-refractivity contribution is 5.41. The van der Waals surface area contributed by atoms with Crippen LogP contribution < -0.4 is 5.32 Å². The van der Waals surface area contributed by atoms with Gasteiger partial charge in [0.2, 0.25) is 0 Å². The number of phenolic OH excluding ortho intramolecular Hbond substituents is 3. The lowest BCUT2D eigenvalue weighted by molar-refractivity contribution is 0.175. The van der Waals surface area contributed by atoms with Gasteiger partial charge >= 0.3 is 0 Å². The molecule has 0 aromatic heterocycles. The summed E-state index contributed by atoms with van der Waals surface area (Å²) < 4.78 is 0. The van der Waals surface area contributed by atoms with Crippen molar-refractivity contribution in [2.75, 3.05) is 26.2 Å². The van der Waals surface area contributed by atoms with Gasteiger partial charge in [0, 0.05) is 6.04 Å². The van der Waals surface area contributed by atoms with Crippen LogP contribution in [-0.4, -0.2) is 52.4 Å². The van der Waals surface area contributed by atoms with Crippen molar-refractivity contribution in [1.29, 1.82) is 0 Å². The SMILES string of the molecule is CCCN(CCCCCCNCCc1ccc(O)c(O)c1)C1CCc2c(O)cccc2C1. The van der Waals surface area contributed by atoms with Gasteiger partial charge in [-0.2, -0.15) is 0 Å². The third-order valence-corrected chi connectivity index (χ3v) is 6.64. The predicted octanol–water partition coefficient (Wildman–Crippen LogP) is 4.77. The topological polar surface area (TPSA) is 76.0 Å². The Balaban J connectivity index is 1.28. The molecule has 0 radical (unpaired) electrons. The average molecular weight is 441 g/mol. The molecular formula is C27H40N2O3. The van der Waals surface area contributed by atoms with E-state index in [-0.39, 0.29) is 11.5 Å². The zero-order valence-electron chi connectivity index (χ0n) is 19.5. The predicted molar refractivity (Wildman–Crippen MR) is 131 cm³/mol. The maximum atomic E-state index is 10.1. The van der Waals surface area contributed by atoms with Crippen molar-refractivity contribution in [3.8, 4) is 17.2 Å². The van der Waals surface area contributed by atoms with Gasteiger partial charge in [-0.25, -0.2) is 0 Å². The Morgan fingerprint density at radius 1 is 0.906 bits per heavy atom. The highest BCUT2D eigenvalue weighted by Gasteiger charge is 2.24. The fourth-order valence-electron chi connectivity index (χ4n) is 4.84. The van der Waals surface area contributed by atoms with Gasteiger partial charge in [0.25, 0.3) is 0 Å². The summed E-state index contributed by atoms with van der Waals surface area (Å²) >= 11 is 0. The molecule has 0 saturated carbocycles. The van der Waals surface area contributed by atoms with Crippen LogP contribution in [0.5, 0.6) is 17.2 Å². The van der Waals surface area contributed by atoms with Crippen molar-refractivity contribution in [3.05, 3.63) is 53.1 Å². The summed E-state index contributed by atoms with van der Waals surface area (Å²) in [7, 11) is 0. The van der Waals surface area contributed by atoms with E-state index in [2.05, 4.69) is 23.2 Å². The summed E-state index contributed by atoms with van der Waals surface area (Å²) in [6, 6.07) is 11.6. The standard InChI is InChI=1S/C27H40N2O3/c1-2-17-29(23-11-12-24-22(20-23)8-7-9-25(24)30)18-6-4-3-5-15-28-16-14-21-10-13-26(31)27(32)19-21/h7-10,13,19,23,28,30-32H,2-6,11-12,14-18,20H2,1H3. The van der Waals surface area contributed by atoms with Crippen LogP contribution in [-0.2, 0) is 19.3 Å². The largest absolute Gasteiger partial charge is 0.508 e. The highest BCUT2D eigenvalue weighted by Crippen LogP contribution is 2.31. The molecule has 2 aromatic rings. The lowest BCUT2D eigenvalue weighted by atomic mass is 9.86. The number of nitrogens with one attached hydrogen (secondary N) is 1. The molecule has 4 N–H and O–H groups in total. The Labute approximate surface area is 193 Å². The van der Waals surface area contributed by atoms with E-state index in [1.807, 2.05) is 18.2 Å². The number of aromatic hydroxyl groups is 3. The van der Waals surface area contributed by atoms with Gasteiger partial charge in [-0.05, 0) is 106 Å². The van der Waals surface area contributed by atoms with E-state index in [4.69, 9.17) is 0 Å². The summed E-state index contributed by atoms with van der Waals surface area (Å²) in [5, 5.41) is 32.5. The van der Waals surface area contributed by atoms with Crippen LogP contribution in [0, 0.1) is 0 Å². The molecule has 0 fully saturated rings. The molecule has 32 heavy (non-hydrogen) atoms. The van der Waals surface area contributed by atoms with E-state index in [0.717, 1.165) is 56.4 Å². The first-order chi connectivity index (χ1) is 15.6. The van der Waals surface area contributed by atoms with Crippen molar-refractivity contribution in [3.63, 3.8) is 0 Å². The second kappa shape index (κ2) is 12.7. The van der Waals surface area contributed by atoms with Gasteiger partial charge in [0.05, 0.1) is 0 Å². The summed E-state index contributed by atoms with van der Waals surface area (Å²) in [4.78, 5) is 2.68. The third-order valence-electron chi connectivity index (χ3n) is 6.64. The average Bonchev–Trinajstić information content (AvgIpc) is 2.79. The van der Waals surface area contributed by atoms with Gasteiger partial charge < -0.3 is 25.5 Å². The van der Waals surface area contributed by atoms with Crippen LogP contribution in [0.2, 0.25) is 0 Å². The number of rotatable bonds is 13. The minimum Gasteiger partial charge on any atom is -0.508 e. The summed E-state index contributed by atoms with van der Waals surface area (Å²) in [6.07, 6.45) is 10.2. The second-order valence-electron chi connectivity index (χ2n) is 9.08. The van der Waals surface area contributed by atoms with Gasteiger partial charge in [-0.15, -0.1) is 0 Å². The van der Waals surface area contributed by atoms with Crippen molar-refractivity contribution in [2.24, 2.45) is 0 Å². The number of phenols is 3. The maximum absolute atomic E-state index is 10.1. The van der Waals surface area contributed by atoms with Crippen molar-refractivity contribution >= 4 is 0 Å².